The van der Waals surface area contributed by atoms with Gasteiger partial charge >= 0.3 is 5.97 Å². The van der Waals surface area contributed by atoms with E-state index in [9.17, 15) is 14.4 Å². The van der Waals surface area contributed by atoms with Gasteiger partial charge < -0.3 is 24.8 Å². The lowest BCUT2D eigenvalue weighted by atomic mass is 9.88. The second-order valence-electron chi connectivity index (χ2n) is 10.1. The van der Waals surface area contributed by atoms with Crippen molar-refractivity contribution in [1.29, 1.82) is 0 Å². The average Bonchev–Trinajstić information content (AvgIpc) is 3.30. The van der Waals surface area contributed by atoms with E-state index in [0.29, 0.717) is 38.0 Å². The van der Waals surface area contributed by atoms with Crippen molar-refractivity contribution in [2.75, 3.05) is 18.5 Å². The number of amides is 2. The van der Waals surface area contributed by atoms with E-state index < -0.39 is 24.1 Å². The molecule has 3 unspecified atom stereocenters. The average molecular weight is 688 g/mol. The largest absolute Gasteiger partial charge is 0.479 e. The first-order valence-corrected chi connectivity index (χ1v) is 15.9. The first-order chi connectivity index (χ1) is 20.4. The molecule has 4 rings (SSSR count). The highest BCUT2D eigenvalue weighted by Crippen LogP contribution is 2.40. The van der Waals surface area contributed by atoms with Crippen LogP contribution >= 0.6 is 57.7 Å². The summed E-state index contributed by atoms with van der Waals surface area (Å²) in [6.45, 7) is 5.26. The second-order valence-corrected chi connectivity index (χ2v) is 12.9. The Morgan fingerprint density at radius 2 is 1.56 bits per heavy atom. The Hall–Kier alpha value is -2.69. The number of benzene rings is 2. The van der Waals surface area contributed by atoms with Crippen LogP contribution in [0, 0.1) is 5.92 Å². The van der Waals surface area contributed by atoms with Gasteiger partial charge in [-0.15, -0.1) is 11.3 Å². The van der Waals surface area contributed by atoms with E-state index >= 15 is 0 Å². The van der Waals surface area contributed by atoms with Crippen LogP contribution in [0.1, 0.15) is 48.0 Å². The number of thiophene rings is 1. The minimum absolute atomic E-state index is 0.0575. The van der Waals surface area contributed by atoms with Gasteiger partial charge in [-0.1, -0.05) is 53.3 Å². The SMILES string of the molecule is CC1CCc2c(sc(NC(=O)C(C)Oc3ccc(Cl)cc3Cl)c2C(=O)NCCOC(=O)C(C)Oc2ccc(Cl)cc2Cl)C1. The Balaban J connectivity index is 1.36. The Bertz CT molecular complexity index is 1510. The lowest BCUT2D eigenvalue weighted by Crippen LogP contribution is -2.33. The smallest absolute Gasteiger partial charge is 0.347 e. The molecule has 230 valence electrons. The molecule has 8 nitrogen and oxygen atoms in total. The molecule has 0 aliphatic heterocycles. The van der Waals surface area contributed by atoms with Crippen molar-refractivity contribution in [1.82, 2.24) is 5.32 Å². The number of halogens is 4. The molecule has 43 heavy (non-hydrogen) atoms. The number of rotatable bonds is 11. The van der Waals surface area contributed by atoms with Crippen LogP contribution in [-0.2, 0) is 27.2 Å². The summed E-state index contributed by atoms with van der Waals surface area (Å²) in [5.74, 6) is -0.348. The van der Waals surface area contributed by atoms with Gasteiger partial charge in [0.25, 0.3) is 11.8 Å². The third-order valence-corrected chi connectivity index (χ3v) is 8.93. The van der Waals surface area contributed by atoms with E-state index in [4.69, 9.17) is 60.6 Å². The Morgan fingerprint density at radius 1 is 0.953 bits per heavy atom. The molecule has 3 aromatic rings. The van der Waals surface area contributed by atoms with Gasteiger partial charge in [0.2, 0.25) is 0 Å². The molecule has 2 N–H and O–H groups in total. The van der Waals surface area contributed by atoms with Crippen LogP contribution in [-0.4, -0.2) is 43.1 Å². The maximum absolute atomic E-state index is 13.4. The highest BCUT2D eigenvalue weighted by atomic mass is 35.5. The van der Waals surface area contributed by atoms with Gasteiger partial charge in [0, 0.05) is 14.9 Å². The van der Waals surface area contributed by atoms with Crippen molar-refractivity contribution >= 4 is 80.5 Å². The summed E-state index contributed by atoms with van der Waals surface area (Å²) in [5.41, 5.74) is 1.33. The van der Waals surface area contributed by atoms with Crippen molar-refractivity contribution in [3.63, 3.8) is 0 Å². The van der Waals surface area contributed by atoms with Crippen LogP contribution in [0.2, 0.25) is 20.1 Å². The molecule has 2 amide bonds. The summed E-state index contributed by atoms with van der Waals surface area (Å²) >= 11 is 25.5. The first-order valence-electron chi connectivity index (χ1n) is 13.6. The van der Waals surface area contributed by atoms with Gasteiger partial charge in [-0.05, 0) is 81.0 Å². The monoisotopic (exact) mass is 686 g/mol. The van der Waals surface area contributed by atoms with E-state index in [-0.39, 0.29) is 29.1 Å². The number of fused-ring (bicyclic) bond motifs is 1. The Labute approximate surface area is 273 Å². The summed E-state index contributed by atoms with van der Waals surface area (Å²) in [6.07, 6.45) is 0.623. The fourth-order valence-corrected chi connectivity index (χ4v) is 6.76. The zero-order valence-electron chi connectivity index (χ0n) is 23.6. The van der Waals surface area contributed by atoms with Crippen LogP contribution in [0.5, 0.6) is 11.5 Å². The summed E-state index contributed by atoms with van der Waals surface area (Å²) in [4.78, 5) is 40.0. The zero-order valence-corrected chi connectivity index (χ0v) is 27.4. The number of esters is 1. The third-order valence-electron chi connectivity index (χ3n) is 6.70. The molecule has 2 aromatic carbocycles. The fraction of sp³-hybridized carbons (Fsp3) is 0.367. The zero-order chi connectivity index (χ0) is 31.3. The second kappa shape index (κ2) is 14.9. The lowest BCUT2D eigenvalue weighted by Gasteiger charge is -2.19. The molecule has 0 fully saturated rings. The predicted molar refractivity (Wildman–Crippen MR) is 171 cm³/mol. The van der Waals surface area contributed by atoms with E-state index in [1.165, 1.54) is 30.4 Å². The number of anilines is 1. The molecule has 1 aliphatic carbocycles. The van der Waals surface area contributed by atoms with Crippen LogP contribution in [0.3, 0.4) is 0 Å². The minimum atomic E-state index is -0.936. The topological polar surface area (TPSA) is 103 Å². The molecule has 0 radical (unpaired) electrons. The molecule has 1 aliphatic rings. The number of carbonyl (C=O) groups is 3. The maximum atomic E-state index is 13.4. The third kappa shape index (κ3) is 8.70. The van der Waals surface area contributed by atoms with E-state index in [1.54, 1.807) is 31.2 Å². The van der Waals surface area contributed by atoms with Crippen molar-refractivity contribution in [2.45, 2.75) is 52.2 Å². The molecular weight excluding hydrogens is 658 g/mol. The van der Waals surface area contributed by atoms with Gasteiger partial charge in [0.05, 0.1) is 22.2 Å². The number of ether oxygens (including phenoxy) is 3. The highest BCUT2D eigenvalue weighted by molar-refractivity contribution is 7.17. The van der Waals surface area contributed by atoms with Crippen molar-refractivity contribution < 1.29 is 28.6 Å². The van der Waals surface area contributed by atoms with Gasteiger partial charge in [-0.3, -0.25) is 9.59 Å². The summed E-state index contributed by atoms with van der Waals surface area (Å²) < 4.78 is 16.6. The lowest BCUT2D eigenvalue weighted by molar-refractivity contribution is -0.150. The molecule has 1 heterocycles. The van der Waals surface area contributed by atoms with E-state index in [2.05, 4.69) is 17.6 Å². The predicted octanol–water partition coefficient (Wildman–Crippen LogP) is 7.63. The molecule has 0 saturated heterocycles. The van der Waals surface area contributed by atoms with Crippen molar-refractivity contribution in [3.05, 3.63) is 72.5 Å². The molecular formula is C30H30Cl4N2O6S. The number of hydrogen-bond donors (Lipinski definition) is 2. The molecule has 1 aromatic heterocycles. The molecule has 0 spiro atoms. The summed E-state index contributed by atoms with van der Waals surface area (Å²) in [7, 11) is 0. The van der Waals surface area contributed by atoms with Gasteiger partial charge in [0.15, 0.2) is 12.2 Å². The van der Waals surface area contributed by atoms with Crippen molar-refractivity contribution in [3.8, 4) is 11.5 Å². The van der Waals surface area contributed by atoms with Crippen LogP contribution < -0.4 is 20.1 Å². The van der Waals surface area contributed by atoms with Gasteiger partial charge in [-0.25, -0.2) is 4.79 Å². The maximum Gasteiger partial charge on any atom is 0.347 e. The van der Waals surface area contributed by atoms with E-state index in [1.807, 2.05) is 0 Å². The summed E-state index contributed by atoms with van der Waals surface area (Å²) in [6, 6.07) is 9.40. The number of nitrogens with one attached hydrogen (secondary N) is 2. The summed E-state index contributed by atoms with van der Waals surface area (Å²) in [5, 5.41) is 7.56. The van der Waals surface area contributed by atoms with Gasteiger partial charge in [0.1, 0.15) is 23.1 Å². The number of hydrogen-bond acceptors (Lipinski definition) is 7. The fourth-order valence-electron chi connectivity index (χ4n) is 4.44. The standard InChI is InChI=1S/C30H30Cl4N2O6S/c1-15-4-7-20-25(12-15)43-29(36-27(37)16(2)41-23-8-5-18(31)13-21(23)33)26(20)28(38)35-10-11-40-30(39)17(3)42-24-9-6-19(32)14-22(24)34/h5-6,8-9,13-17H,4,7,10-12H2,1-3H3,(H,35,38)(H,36,37). The molecule has 0 bridgehead atoms. The molecule has 3 atom stereocenters. The minimum Gasteiger partial charge on any atom is -0.479 e. The Kier molecular flexibility index (Phi) is 11.5. The first kappa shape index (κ1) is 33.2. The van der Waals surface area contributed by atoms with E-state index in [0.717, 1.165) is 29.7 Å². The van der Waals surface area contributed by atoms with Crippen LogP contribution in [0.4, 0.5) is 5.00 Å². The number of carbonyl (C=O) groups excluding carboxylic acids is 3. The van der Waals surface area contributed by atoms with Gasteiger partial charge in [-0.2, -0.15) is 0 Å². The van der Waals surface area contributed by atoms with Crippen molar-refractivity contribution in [2.24, 2.45) is 5.92 Å². The Morgan fingerprint density at radius 3 is 2.16 bits per heavy atom. The normalized spacial score (nSPS) is 15.6. The van der Waals surface area contributed by atoms with Crippen LogP contribution in [0.15, 0.2) is 36.4 Å². The highest BCUT2D eigenvalue weighted by Gasteiger charge is 2.29. The quantitative estimate of drug-likeness (QED) is 0.159. The molecule has 0 saturated carbocycles. The van der Waals surface area contributed by atoms with Crippen LogP contribution in [0.25, 0.3) is 0 Å². The molecule has 13 heteroatoms.